The van der Waals surface area contributed by atoms with Crippen LogP contribution in [0.5, 0.6) is 0 Å². The third-order valence-electron chi connectivity index (χ3n) is 7.01. The molecule has 0 saturated carbocycles. The number of hydrogen-bond acceptors (Lipinski definition) is 0. The molecule has 2 fully saturated rings. The van der Waals surface area contributed by atoms with Crippen LogP contribution in [0.2, 0.25) is 38.8 Å². The van der Waals surface area contributed by atoms with Gasteiger partial charge in [-0.25, -0.2) is 0 Å². The summed E-state index contributed by atoms with van der Waals surface area (Å²) >= 11 is 11.8. The maximum atomic E-state index is 6.96. The summed E-state index contributed by atoms with van der Waals surface area (Å²) < 4.78 is 1.51. The van der Waals surface area contributed by atoms with E-state index in [0.29, 0.717) is 5.82 Å². The monoisotopic (exact) mass is 520 g/mol. The number of unbranched alkanes of at least 4 members (excludes halogenated alkanes) is 1. The summed E-state index contributed by atoms with van der Waals surface area (Å²) in [7, 11) is 0. The van der Waals surface area contributed by atoms with Crippen molar-refractivity contribution in [1.29, 1.82) is 0 Å². The Balaban J connectivity index is 2.52. The molecule has 0 spiro atoms. The second-order valence-electron chi connectivity index (χ2n) is 10.0. The van der Waals surface area contributed by atoms with Crippen LogP contribution in [0.25, 0.3) is 0 Å². The molecule has 0 N–H and O–H groups in total. The van der Waals surface area contributed by atoms with E-state index in [1.165, 1.54) is 66.6 Å². The molecule has 2 heterocycles. The molecular weight excluding hydrogens is 481 g/mol. The molecule has 2 aliphatic rings. The standard InChI is InChI=1S/C18H30BCl2Si.3CH3.Sn/c1-4-6-14-17(18(9-5-2)22(3,20)21)19-15-10-7-11-16(19)13-8-12-15;;;;/h15-17H,4,6-8,10-14H2,1-3H3;3*1H3;/t9?,15?,16?,17-;;;;/m1..../s1. The van der Waals surface area contributed by atoms with Crippen molar-refractivity contribution in [3.63, 3.8) is 0 Å². The van der Waals surface area contributed by atoms with Crippen LogP contribution < -0.4 is 0 Å². The van der Waals surface area contributed by atoms with Crippen molar-refractivity contribution in [2.24, 2.45) is 0 Å². The van der Waals surface area contributed by atoms with Gasteiger partial charge in [0.25, 0.3) is 0 Å². The van der Waals surface area contributed by atoms with Crippen LogP contribution in [-0.2, 0) is 0 Å². The molecule has 2 saturated heterocycles. The minimum atomic E-state index is -2.41. The summed E-state index contributed by atoms with van der Waals surface area (Å²) in [6.07, 6.45) is 12.4. The summed E-state index contributed by atoms with van der Waals surface area (Å²) in [6.45, 7) is 5.15. The Bertz CT molecular complexity index is 521. The number of allylic oxidation sites excluding steroid dienone is 1. The van der Waals surface area contributed by atoms with Gasteiger partial charge in [0.15, 0.2) is 0 Å². The normalized spacial score (nSPS) is 24.8. The van der Waals surface area contributed by atoms with E-state index in [1.807, 2.05) is 0 Å². The first kappa shape index (κ1) is 23.5. The first-order valence-electron chi connectivity index (χ1n) is 10.9. The predicted molar refractivity (Wildman–Crippen MR) is 127 cm³/mol. The Morgan fingerprint density at radius 1 is 1.12 bits per heavy atom. The molecule has 0 radical (unpaired) electrons. The van der Waals surface area contributed by atoms with Crippen LogP contribution in [0.15, 0.2) is 14.5 Å². The number of halogens is 2. The predicted octanol–water partition coefficient (Wildman–Crippen LogP) is 8.59. The molecule has 0 aliphatic carbocycles. The van der Waals surface area contributed by atoms with Crippen molar-refractivity contribution < 1.29 is 0 Å². The van der Waals surface area contributed by atoms with Gasteiger partial charge in [0, 0.05) is 0 Å². The van der Waals surface area contributed by atoms with E-state index in [4.69, 9.17) is 22.2 Å². The minimum absolute atomic E-state index is 0.584. The van der Waals surface area contributed by atoms with Crippen LogP contribution in [0.4, 0.5) is 0 Å². The summed E-state index contributed by atoms with van der Waals surface area (Å²) in [5.74, 6) is 2.40. The molecule has 2 rings (SSSR count). The van der Waals surface area contributed by atoms with Gasteiger partial charge in [-0.1, -0.05) is 0 Å². The fourth-order valence-electron chi connectivity index (χ4n) is 5.26. The zero-order valence-corrected chi connectivity index (χ0v) is 23.3. The molecule has 0 aromatic carbocycles. The fourth-order valence-corrected chi connectivity index (χ4v) is 9.59. The van der Waals surface area contributed by atoms with Gasteiger partial charge in [0.1, 0.15) is 0 Å². The third kappa shape index (κ3) is 6.09. The van der Waals surface area contributed by atoms with E-state index in [2.05, 4.69) is 40.9 Å². The number of rotatable bonds is 7. The van der Waals surface area contributed by atoms with Gasteiger partial charge in [-0.15, -0.1) is 0 Å². The molecule has 2 bridgehead atoms. The summed E-state index contributed by atoms with van der Waals surface area (Å²) in [4.78, 5) is 7.44. The van der Waals surface area contributed by atoms with Crippen molar-refractivity contribution in [2.75, 3.05) is 0 Å². The molecule has 26 heavy (non-hydrogen) atoms. The van der Waals surface area contributed by atoms with Gasteiger partial charge in [-0.2, -0.15) is 0 Å². The zero-order valence-electron chi connectivity index (χ0n) is 17.9. The molecule has 0 nitrogen and oxygen atoms in total. The molecule has 0 aromatic rings. The number of hydrogen-bond donors (Lipinski definition) is 0. The van der Waals surface area contributed by atoms with Crippen molar-refractivity contribution in [3.8, 4) is 0 Å². The summed E-state index contributed by atoms with van der Waals surface area (Å²) in [6, 6.07) is 0. The molecule has 0 unspecified atom stereocenters. The van der Waals surface area contributed by atoms with E-state index >= 15 is 0 Å². The fraction of sp³-hybridized carbons (Fsp3) is 0.857. The van der Waals surface area contributed by atoms with Gasteiger partial charge in [0.05, 0.1) is 0 Å². The molecule has 0 amide bonds. The van der Waals surface area contributed by atoms with Crippen molar-refractivity contribution in [1.82, 2.24) is 0 Å². The quantitative estimate of drug-likeness (QED) is 0.179. The Morgan fingerprint density at radius 3 is 2.00 bits per heavy atom. The Kier molecular flexibility index (Phi) is 8.83. The third-order valence-corrected chi connectivity index (χ3v) is 16.5. The first-order chi connectivity index (χ1) is 12.1. The van der Waals surface area contributed by atoms with Gasteiger partial charge < -0.3 is 0 Å². The van der Waals surface area contributed by atoms with Gasteiger partial charge in [0.2, 0.25) is 0 Å². The Morgan fingerprint density at radius 2 is 1.62 bits per heavy atom. The average Bonchev–Trinajstić information content (AvgIpc) is 2.51. The first-order valence-corrected chi connectivity index (χ1v) is 25.4. The molecule has 5 heteroatoms. The van der Waals surface area contributed by atoms with Crippen LogP contribution in [0.1, 0.15) is 71.6 Å². The summed E-state index contributed by atoms with van der Waals surface area (Å²) in [5.41, 5.74) is 3.92. The van der Waals surface area contributed by atoms with Gasteiger partial charge in [-0.3, -0.25) is 0 Å². The van der Waals surface area contributed by atoms with E-state index in [-0.39, 0.29) is 0 Å². The summed E-state index contributed by atoms with van der Waals surface area (Å²) in [5, 5.41) is 1.36. The van der Waals surface area contributed by atoms with Crippen molar-refractivity contribution in [3.05, 3.63) is 14.5 Å². The van der Waals surface area contributed by atoms with Crippen LogP contribution in [0, 0.1) is 0 Å². The Hall–Kier alpha value is 1.18. The van der Waals surface area contributed by atoms with Crippen LogP contribution >= 0.6 is 22.2 Å². The second-order valence-corrected chi connectivity index (χ2v) is 32.4. The molecule has 148 valence electrons. The maximum absolute atomic E-state index is 6.96. The van der Waals surface area contributed by atoms with E-state index in [9.17, 15) is 0 Å². The molecular formula is C21H39BCl2SiSn. The van der Waals surface area contributed by atoms with Crippen LogP contribution in [0.3, 0.4) is 0 Å². The van der Waals surface area contributed by atoms with E-state index < -0.39 is 25.1 Å². The van der Waals surface area contributed by atoms with E-state index in [0.717, 1.165) is 18.3 Å². The van der Waals surface area contributed by atoms with Crippen LogP contribution in [-0.4, -0.2) is 31.8 Å². The SMILES string of the molecule is CCCC[C@@H](B1C2CCCC1CCC2)C(=C=[C](C)[Sn]([CH3])([CH3])[CH3])[Si](C)(Cl)Cl. The zero-order chi connectivity index (χ0) is 19.5. The van der Waals surface area contributed by atoms with Crippen molar-refractivity contribution in [2.45, 2.75) is 110 Å². The van der Waals surface area contributed by atoms with Gasteiger partial charge >= 0.3 is 179 Å². The Labute approximate surface area is 177 Å². The van der Waals surface area contributed by atoms with Crippen molar-refractivity contribution >= 4 is 53.9 Å². The van der Waals surface area contributed by atoms with Gasteiger partial charge in [-0.05, 0) is 0 Å². The average molecular weight is 520 g/mol. The topological polar surface area (TPSA) is 0 Å². The number of fused-ring (bicyclic) bond motifs is 2. The second kappa shape index (κ2) is 9.79. The molecule has 2 aliphatic heterocycles. The molecule has 0 aromatic heterocycles. The molecule has 1 atom stereocenters. The van der Waals surface area contributed by atoms with E-state index in [1.54, 1.807) is 0 Å².